The molecule has 0 heterocycles. The highest BCUT2D eigenvalue weighted by Gasteiger charge is 2.33. The zero-order valence-electron chi connectivity index (χ0n) is 10.8. The summed E-state index contributed by atoms with van der Waals surface area (Å²) in [5.41, 5.74) is 0. The van der Waals surface area contributed by atoms with E-state index in [1.165, 1.54) is 0 Å². The fraction of sp³-hybridized carbons (Fsp3) is 0.833. The van der Waals surface area contributed by atoms with Crippen molar-refractivity contribution in [1.82, 2.24) is 18.5 Å². The Balaban J connectivity index is -0.0000000933. The molecule has 4 atom stereocenters. The van der Waals surface area contributed by atoms with Crippen molar-refractivity contribution in [3.05, 3.63) is 0 Å². The summed E-state index contributed by atoms with van der Waals surface area (Å²) in [5, 5.41) is 51.8. The standard InChI is InChI=1S/C6H12O7.3H3N.H2O4S/c7-1-2(8)3(9)4(10)5(11)6(12)13;;;;1-5(2,3)4/h2-5,7-11H,1H2,(H,12,13);3*1H3;(H2,1,2,3,4). The molecule has 0 rings (SSSR count). The number of hydrogen-bond acceptors (Lipinski definition) is 11. The van der Waals surface area contributed by atoms with E-state index in [1.807, 2.05) is 0 Å². The van der Waals surface area contributed by atoms with Gasteiger partial charge in [-0.15, -0.1) is 0 Å². The lowest BCUT2D eigenvalue weighted by Gasteiger charge is -2.23. The maximum absolute atomic E-state index is 10.1. The van der Waals surface area contributed by atoms with Gasteiger partial charge in [0.1, 0.15) is 18.3 Å². The summed E-state index contributed by atoms with van der Waals surface area (Å²) < 4.78 is 31.6. The predicted molar refractivity (Wildman–Crippen MR) is 68.0 cm³/mol. The Morgan fingerprint density at radius 1 is 0.905 bits per heavy atom. The van der Waals surface area contributed by atoms with E-state index < -0.39 is 47.4 Å². The second-order valence-electron chi connectivity index (χ2n) is 2.96. The molecule has 0 aliphatic carbocycles. The molecular formula is C6H23N3O11S. The fourth-order valence-electron chi connectivity index (χ4n) is 0.668. The van der Waals surface area contributed by atoms with Gasteiger partial charge in [-0.2, -0.15) is 8.42 Å². The molecule has 0 saturated carbocycles. The van der Waals surface area contributed by atoms with Gasteiger partial charge in [-0.3, -0.25) is 9.11 Å². The molecule has 15 heteroatoms. The van der Waals surface area contributed by atoms with E-state index in [0.29, 0.717) is 0 Å². The minimum absolute atomic E-state index is 0. The summed E-state index contributed by atoms with van der Waals surface area (Å²) in [6, 6.07) is 0. The molecular weight excluding hydrogens is 322 g/mol. The lowest BCUT2D eigenvalue weighted by molar-refractivity contribution is -0.164. The first-order valence-electron chi connectivity index (χ1n) is 4.17. The van der Waals surface area contributed by atoms with Gasteiger partial charge >= 0.3 is 16.4 Å². The third kappa shape index (κ3) is 19.0. The van der Waals surface area contributed by atoms with Gasteiger partial charge in [0, 0.05) is 0 Å². The predicted octanol–water partition coefficient (Wildman–Crippen LogP) is -3.66. The monoisotopic (exact) mass is 345 g/mol. The number of aliphatic hydroxyl groups excluding tert-OH is 5. The number of aliphatic hydroxyl groups is 5. The van der Waals surface area contributed by atoms with Crippen LogP contribution in [0, 0.1) is 0 Å². The highest BCUT2D eigenvalue weighted by Crippen LogP contribution is 2.04. The van der Waals surface area contributed by atoms with Crippen LogP contribution in [-0.4, -0.2) is 85.2 Å². The first kappa shape index (κ1) is 32.1. The Labute approximate surface area is 120 Å². The van der Waals surface area contributed by atoms with E-state index in [4.69, 9.17) is 48.2 Å². The van der Waals surface area contributed by atoms with Gasteiger partial charge in [-0.05, 0) is 0 Å². The molecule has 17 N–H and O–H groups in total. The first-order valence-corrected chi connectivity index (χ1v) is 5.57. The van der Waals surface area contributed by atoms with Gasteiger partial charge in [0.2, 0.25) is 0 Å². The van der Waals surface area contributed by atoms with E-state index in [0.717, 1.165) is 0 Å². The number of carbonyl (C=O) groups is 1. The van der Waals surface area contributed by atoms with E-state index in [-0.39, 0.29) is 18.5 Å². The summed E-state index contributed by atoms with van der Waals surface area (Å²) in [5.74, 6) is -1.73. The second-order valence-corrected chi connectivity index (χ2v) is 3.86. The number of carboxylic acid groups (broad SMARTS) is 1. The van der Waals surface area contributed by atoms with Crippen LogP contribution in [0.25, 0.3) is 0 Å². The Hall–Kier alpha value is -0.980. The van der Waals surface area contributed by atoms with Crippen molar-refractivity contribution in [1.29, 1.82) is 0 Å². The van der Waals surface area contributed by atoms with E-state index >= 15 is 0 Å². The molecule has 0 aromatic carbocycles. The number of hydrogen-bond donors (Lipinski definition) is 11. The molecule has 134 valence electrons. The van der Waals surface area contributed by atoms with Crippen molar-refractivity contribution < 1.29 is 53.0 Å². The van der Waals surface area contributed by atoms with Crippen molar-refractivity contribution in [3.63, 3.8) is 0 Å². The maximum atomic E-state index is 10.1. The Kier molecular flexibility index (Phi) is 21.4. The van der Waals surface area contributed by atoms with Crippen LogP contribution in [0.3, 0.4) is 0 Å². The molecule has 0 fully saturated rings. The van der Waals surface area contributed by atoms with Crippen molar-refractivity contribution >= 4 is 16.4 Å². The quantitative estimate of drug-likeness (QED) is 0.214. The van der Waals surface area contributed by atoms with Crippen molar-refractivity contribution in [2.75, 3.05) is 6.61 Å². The highest BCUT2D eigenvalue weighted by atomic mass is 32.3. The maximum Gasteiger partial charge on any atom is 0.394 e. The molecule has 0 amide bonds. The van der Waals surface area contributed by atoms with Crippen molar-refractivity contribution in [3.8, 4) is 0 Å². The Morgan fingerprint density at radius 2 is 1.19 bits per heavy atom. The highest BCUT2D eigenvalue weighted by molar-refractivity contribution is 7.79. The van der Waals surface area contributed by atoms with E-state index in [1.54, 1.807) is 0 Å². The smallest absolute Gasteiger partial charge is 0.394 e. The average molecular weight is 345 g/mol. The van der Waals surface area contributed by atoms with Crippen LogP contribution >= 0.6 is 0 Å². The lowest BCUT2D eigenvalue weighted by atomic mass is 10.0. The molecule has 21 heavy (non-hydrogen) atoms. The second kappa shape index (κ2) is 14.0. The van der Waals surface area contributed by atoms with Crippen LogP contribution < -0.4 is 18.5 Å². The van der Waals surface area contributed by atoms with Gasteiger partial charge in [-0.1, -0.05) is 0 Å². The molecule has 0 spiro atoms. The van der Waals surface area contributed by atoms with E-state index in [2.05, 4.69) is 0 Å². The van der Waals surface area contributed by atoms with Crippen LogP contribution in [0.1, 0.15) is 0 Å². The first-order chi connectivity index (χ1) is 7.91. The van der Waals surface area contributed by atoms with Crippen LogP contribution in [0.4, 0.5) is 0 Å². The van der Waals surface area contributed by atoms with E-state index in [9.17, 15) is 4.79 Å². The van der Waals surface area contributed by atoms with Crippen LogP contribution in [0.15, 0.2) is 0 Å². The van der Waals surface area contributed by atoms with Gasteiger partial charge < -0.3 is 49.1 Å². The average Bonchev–Trinajstić information content (AvgIpc) is 2.22. The normalized spacial score (nSPS) is 15.4. The summed E-state index contributed by atoms with van der Waals surface area (Å²) in [7, 11) is -4.67. The zero-order valence-corrected chi connectivity index (χ0v) is 11.7. The molecule has 0 saturated heterocycles. The minimum Gasteiger partial charge on any atom is -0.479 e. The van der Waals surface area contributed by atoms with Crippen molar-refractivity contribution in [2.45, 2.75) is 24.4 Å². The summed E-state index contributed by atoms with van der Waals surface area (Å²) in [6.45, 7) is -0.843. The SMILES string of the molecule is N.N.N.O=C(O)C(O)C(O)C(O)C(O)CO.O=S(=O)(O)O. The third-order valence-electron chi connectivity index (χ3n) is 1.51. The van der Waals surface area contributed by atoms with Gasteiger partial charge in [0.25, 0.3) is 0 Å². The minimum atomic E-state index is -4.67. The number of rotatable bonds is 5. The Morgan fingerprint density at radius 3 is 1.38 bits per heavy atom. The molecule has 0 radical (unpaired) electrons. The summed E-state index contributed by atoms with van der Waals surface area (Å²) in [4.78, 5) is 10.1. The molecule has 14 nitrogen and oxygen atoms in total. The van der Waals surface area contributed by atoms with Crippen molar-refractivity contribution in [2.24, 2.45) is 0 Å². The summed E-state index contributed by atoms with van der Waals surface area (Å²) in [6.07, 6.45) is -7.84. The van der Waals surface area contributed by atoms with Crippen LogP contribution in [-0.2, 0) is 15.2 Å². The molecule has 0 aliphatic rings. The van der Waals surface area contributed by atoms with Gasteiger partial charge in [-0.25, -0.2) is 4.79 Å². The largest absolute Gasteiger partial charge is 0.479 e. The van der Waals surface area contributed by atoms with Gasteiger partial charge in [0.15, 0.2) is 6.10 Å². The molecule has 4 unspecified atom stereocenters. The fourth-order valence-corrected chi connectivity index (χ4v) is 0.668. The topological polar surface area (TPSA) is 318 Å². The Bertz CT molecular complexity index is 342. The molecule has 0 aromatic rings. The molecule has 0 aliphatic heterocycles. The number of aliphatic carboxylic acids is 1. The molecule has 0 bridgehead atoms. The third-order valence-corrected chi connectivity index (χ3v) is 1.51. The summed E-state index contributed by atoms with van der Waals surface area (Å²) >= 11 is 0. The van der Waals surface area contributed by atoms with Gasteiger partial charge in [0.05, 0.1) is 6.61 Å². The van der Waals surface area contributed by atoms with Crippen LogP contribution in [0.5, 0.6) is 0 Å². The zero-order chi connectivity index (χ0) is 15.1. The molecule has 0 aromatic heterocycles. The number of carboxylic acids is 1. The lowest BCUT2D eigenvalue weighted by Crippen LogP contribution is -2.48. The van der Waals surface area contributed by atoms with Crippen LogP contribution in [0.2, 0.25) is 0 Å².